The van der Waals surface area contributed by atoms with Crippen LogP contribution in [0.3, 0.4) is 0 Å². The number of benzene rings is 2. The van der Waals surface area contributed by atoms with Gasteiger partial charge in [-0.25, -0.2) is 0 Å². The van der Waals surface area contributed by atoms with Crippen molar-refractivity contribution in [3.8, 4) is 11.5 Å². The Morgan fingerprint density at radius 3 is 2.59 bits per heavy atom. The number of hydrogen-bond donors (Lipinski definition) is 2. The van der Waals surface area contributed by atoms with Crippen LogP contribution in [0.2, 0.25) is 0 Å². The number of ether oxygens (including phenoxy) is 2. The lowest BCUT2D eigenvalue weighted by Crippen LogP contribution is -2.42. The van der Waals surface area contributed by atoms with Crippen molar-refractivity contribution >= 4 is 11.8 Å². The summed E-state index contributed by atoms with van der Waals surface area (Å²) in [4.78, 5) is 24.4. The molecule has 1 aliphatic rings. The standard InChI is InChI=1S/C21H24N2O4/c1-3-27-18-10-9-17(13-19(18)26-2)21(25)23-22-20(24)12-14-7-8-15-5-4-6-16(15)11-14/h7-11,13H,3-6,12H2,1-2H3,(H,22,24)(H,23,25). The molecule has 0 heterocycles. The maximum atomic E-state index is 12.3. The molecule has 0 bridgehead atoms. The zero-order valence-electron chi connectivity index (χ0n) is 15.6. The molecule has 2 N–H and O–H groups in total. The summed E-state index contributed by atoms with van der Waals surface area (Å²) in [6.45, 7) is 2.37. The molecule has 2 aromatic carbocycles. The van der Waals surface area contributed by atoms with Crippen LogP contribution in [0.25, 0.3) is 0 Å². The maximum absolute atomic E-state index is 12.3. The summed E-state index contributed by atoms with van der Waals surface area (Å²) < 4.78 is 10.7. The number of aryl methyl sites for hydroxylation is 2. The van der Waals surface area contributed by atoms with Crippen LogP contribution in [0.1, 0.15) is 40.4 Å². The molecule has 2 amide bonds. The van der Waals surface area contributed by atoms with Crippen LogP contribution < -0.4 is 20.3 Å². The predicted molar refractivity (Wildman–Crippen MR) is 102 cm³/mol. The number of amides is 2. The average Bonchev–Trinajstić information content (AvgIpc) is 3.14. The molecule has 0 radical (unpaired) electrons. The highest BCUT2D eigenvalue weighted by Gasteiger charge is 2.14. The largest absolute Gasteiger partial charge is 0.493 e. The second-order valence-corrected chi connectivity index (χ2v) is 6.43. The van der Waals surface area contributed by atoms with E-state index < -0.39 is 5.91 Å². The van der Waals surface area contributed by atoms with Crippen molar-refractivity contribution in [1.82, 2.24) is 10.9 Å². The van der Waals surface area contributed by atoms with Gasteiger partial charge in [-0.3, -0.25) is 20.4 Å². The minimum atomic E-state index is -0.418. The molecular formula is C21H24N2O4. The van der Waals surface area contributed by atoms with E-state index in [2.05, 4.69) is 23.0 Å². The first kappa shape index (κ1) is 18.8. The van der Waals surface area contributed by atoms with Crippen LogP contribution in [0.15, 0.2) is 36.4 Å². The van der Waals surface area contributed by atoms with Crippen LogP contribution in [-0.2, 0) is 24.1 Å². The number of methoxy groups -OCH3 is 1. The van der Waals surface area contributed by atoms with E-state index in [-0.39, 0.29) is 12.3 Å². The van der Waals surface area contributed by atoms with Crippen LogP contribution >= 0.6 is 0 Å². The van der Waals surface area contributed by atoms with E-state index in [1.54, 1.807) is 18.2 Å². The molecule has 0 unspecified atom stereocenters. The van der Waals surface area contributed by atoms with Crippen molar-refractivity contribution in [2.75, 3.05) is 13.7 Å². The van der Waals surface area contributed by atoms with Crippen LogP contribution in [0.5, 0.6) is 11.5 Å². The molecule has 3 rings (SSSR count). The Hall–Kier alpha value is -3.02. The van der Waals surface area contributed by atoms with Crippen molar-refractivity contribution in [2.24, 2.45) is 0 Å². The second kappa shape index (κ2) is 8.58. The summed E-state index contributed by atoms with van der Waals surface area (Å²) in [5.41, 5.74) is 8.92. The number of nitrogens with one attached hydrogen (secondary N) is 2. The fraction of sp³-hybridized carbons (Fsp3) is 0.333. The zero-order valence-corrected chi connectivity index (χ0v) is 15.6. The Kier molecular flexibility index (Phi) is 5.96. The topological polar surface area (TPSA) is 76.7 Å². The Bertz CT molecular complexity index is 848. The van der Waals surface area contributed by atoms with Crippen molar-refractivity contribution in [3.05, 3.63) is 58.7 Å². The van der Waals surface area contributed by atoms with Gasteiger partial charge in [-0.1, -0.05) is 18.2 Å². The maximum Gasteiger partial charge on any atom is 0.269 e. The molecule has 0 aromatic heterocycles. The highest BCUT2D eigenvalue weighted by Crippen LogP contribution is 2.28. The van der Waals surface area contributed by atoms with Crippen molar-refractivity contribution < 1.29 is 19.1 Å². The normalized spacial score (nSPS) is 12.2. The highest BCUT2D eigenvalue weighted by molar-refractivity contribution is 5.96. The van der Waals surface area contributed by atoms with E-state index in [9.17, 15) is 9.59 Å². The Morgan fingerprint density at radius 2 is 1.81 bits per heavy atom. The molecule has 1 aliphatic carbocycles. The van der Waals surface area contributed by atoms with Crippen molar-refractivity contribution in [1.29, 1.82) is 0 Å². The van der Waals surface area contributed by atoms with Gasteiger partial charge in [-0.05, 0) is 61.1 Å². The van der Waals surface area contributed by atoms with Gasteiger partial charge >= 0.3 is 0 Å². The fourth-order valence-electron chi connectivity index (χ4n) is 3.25. The first-order valence-corrected chi connectivity index (χ1v) is 9.11. The molecule has 0 fully saturated rings. The molecule has 0 spiro atoms. The summed E-state index contributed by atoms with van der Waals surface area (Å²) in [6.07, 6.45) is 3.58. The van der Waals surface area contributed by atoms with Crippen LogP contribution in [-0.4, -0.2) is 25.5 Å². The lowest BCUT2D eigenvalue weighted by atomic mass is 10.0. The second-order valence-electron chi connectivity index (χ2n) is 6.43. The molecule has 2 aromatic rings. The number of hydrazine groups is 1. The monoisotopic (exact) mass is 368 g/mol. The average molecular weight is 368 g/mol. The van der Waals surface area contributed by atoms with E-state index in [1.165, 1.54) is 24.7 Å². The summed E-state index contributed by atoms with van der Waals surface area (Å²) >= 11 is 0. The molecule has 0 saturated heterocycles. The van der Waals surface area contributed by atoms with Gasteiger partial charge in [-0.15, -0.1) is 0 Å². The Morgan fingerprint density at radius 1 is 1.00 bits per heavy atom. The Balaban J connectivity index is 1.56. The third kappa shape index (κ3) is 4.58. The van der Waals surface area contributed by atoms with Gasteiger partial charge in [0, 0.05) is 5.56 Å². The van der Waals surface area contributed by atoms with E-state index in [4.69, 9.17) is 9.47 Å². The zero-order chi connectivity index (χ0) is 19.2. The smallest absolute Gasteiger partial charge is 0.269 e. The molecule has 0 aliphatic heterocycles. The molecule has 0 saturated carbocycles. The quantitative estimate of drug-likeness (QED) is 0.769. The van der Waals surface area contributed by atoms with Crippen molar-refractivity contribution in [2.45, 2.75) is 32.6 Å². The number of fused-ring (bicyclic) bond motifs is 1. The molecule has 142 valence electrons. The van der Waals surface area contributed by atoms with Gasteiger partial charge in [-0.2, -0.15) is 0 Å². The minimum Gasteiger partial charge on any atom is -0.493 e. The molecule has 27 heavy (non-hydrogen) atoms. The first-order chi connectivity index (χ1) is 13.1. The SMILES string of the molecule is CCOc1ccc(C(=O)NNC(=O)Cc2ccc3c(c2)CCC3)cc1OC. The van der Waals surface area contributed by atoms with Crippen molar-refractivity contribution in [3.63, 3.8) is 0 Å². The van der Waals surface area contributed by atoms with Gasteiger partial charge in [0.05, 0.1) is 20.1 Å². The van der Waals surface area contributed by atoms with E-state index >= 15 is 0 Å². The number of carbonyl (C=O) groups excluding carboxylic acids is 2. The molecule has 6 heteroatoms. The van der Waals surface area contributed by atoms with E-state index in [1.807, 2.05) is 13.0 Å². The molecule has 6 nitrogen and oxygen atoms in total. The highest BCUT2D eigenvalue weighted by atomic mass is 16.5. The predicted octanol–water partition coefficient (Wildman–Crippen LogP) is 2.59. The van der Waals surface area contributed by atoms with Gasteiger partial charge < -0.3 is 9.47 Å². The van der Waals surface area contributed by atoms with Gasteiger partial charge in [0.1, 0.15) is 0 Å². The number of carbonyl (C=O) groups is 2. The summed E-state index contributed by atoms with van der Waals surface area (Å²) in [7, 11) is 1.51. The van der Waals surface area contributed by atoms with Gasteiger partial charge in [0.15, 0.2) is 11.5 Å². The lowest BCUT2D eigenvalue weighted by molar-refractivity contribution is -0.121. The first-order valence-electron chi connectivity index (χ1n) is 9.11. The van der Waals surface area contributed by atoms with Crippen LogP contribution in [0, 0.1) is 0 Å². The summed E-state index contributed by atoms with van der Waals surface area (Å²) in [5, 5.41) is 0. The number of hydrogen-bond acceptors (Lipinski definition) is 4. The third-order valence-corrected chi connectivity index (χ3v) is 4.57. The minimum absolute atomic E-state index is 0.222. The molecule has 0 atom stereocenters. The van der Waals surface area contributed by atoms with Gasteiger partial charge in [0.25, 0.3) is 5.91 Å². The fourth-order valence-corrected chi connectivity index (χ4v) is 3.25. The van der Waals surface area contributed by atoms with Crippen LogP contribution in [0.4, 0.5) is 0 Å². The summed E-state index contributed by atoms with van der Waals surface area (Å²) in [6, 6.07) is 11.0. The summed E-state index contributed by atoms with van der Waals surface area (Å²) in [5.74, 6) is 0.351. The number of rotatable bonds is 6. The van der Waals surface area contributed by atoms with E-state index in [0.717, 1.165) is 18.4 Å². The third-order valence-electron chi connectivity index (χ3n) is 4.57. The van der Waals surface area contributed by atoms with E-state index in [0.29, 0.717) is 23.7 Å². The van der Waals surface area contributed by atoms with Gasteiger partial charge in [0.2, 0.25) is 5.91 Å². The molecular weight excluding hydrogens is 344 g/mol. The Labute approximate surface area is 158 Å². The lowest BCUT2D eigenvalue weighted by Gasteiger charge is -2.12.